The van der Waals surface area contributed by atoms with Gasteiger partial charge in [0.1, 0.15) is 11.6 Å². The molecule has 4 unspecified atom stereocenters. The van der Waals surface area contributed by atoms with Crippen molar-refractivity contribution >= 4 is 27.9 Å². The van der Waals surface area contributed by atoms with Gasteiger partial charge in [0.25, 0.3) is 0 Å². The van der Waals surface area contributed by atoms with E-state index in [-0.39, 0.29) is 18.0 Å². The minimum absolute atomic E-state index is 0.0529. The van der Waals surface area contributed by atoms with Gasteiger partial charge >= 0.3 is 0 Å². The van der Waals surface area contributed by atoms with Gasteiger partial charge in [-0.3, -0.25) is 0 Å². The summed E-state index contributed by atoms with van der Waals surface area (Å²) in [7, 11) is 0. The number of halogens is 2. The summed E-state index contributed by atoms with van der Waals surface area (Å²) in [6.07, 6.45) is 6.79. The summed E-state index contributed by atoms with van der Waals surface area (Å²) in [6.45, 7) is 4.35. The van der Waals surface area contributed by atoms with Gasteiger partial charge in [-0.2, -0.15) is 9.14 Å². The number of nitrogens with zero attached hydrogens (tertiary/aromatic N) is 3. The molecule has 1 fully saturated rings. The van der Waals surface area contributed by atoms with Crippen LogP contribution in [0.3, 0.4) is 0 Å². The van der Waals surface area contributed by atoms with E-state index >= 15 is 8.78 Å². The molecular formula is C38H29F2N3+2. The van der Waals surface area contributed by atoms with Crippen molar-refractivity contribution in [3.63, 3.8) is 0 Å². The molecule has 5 aromatic rings. The van der Waals surface area contributed by atoms with Gasteiger partial charge in [-0.05, 0) is 48.2 Å². The number of anilines is 1. The average molecular weight is 566 g/mol. The van der Waals surface area contributed by atoms with E-state index in [1.54, 1.807) is 6.07 Å². The summed E-state index contributed by atoms with van der Waals surface area (Å²) < 4.78 is 36.0. The van der Waals surface area contributed by atoms with E-state index in [0.29, 0.717) is 5.56 Å². The lowest BCUT2D eigenvalue weighted by molar-refractivity contribution is -0.721. The minimum atomic E-state index is -0.537. The molecule has 4 aliphatic rings. The zero-order valence-electron chi connectivity index (χ0n) is 23.9. The van der Waals surface area contributed by atoms with Crippen LogP contribution in [-0.2, 0) is 0 Å². The smallest absolute Gasteiger partial charge is 0.224 e. The number of rotatable bonds is 2. The second-order valence-corrected chi connectivity index (χ2v) is 12.2. The van der Waals surface area contributed by atoms with Crippen molar-refractivity contribution in [1.82, 2.24) is 0 Å². The second kappa shape index (κ2) is 8.57. The van der Waals surface area contributed by atoms with Crippen LogP contribution in [0.1, 0.15) is 31.4 Å². The first-order valence-electron chi connectivity index (χ1n) is 14.9. The Kier molecular flexibility index (Phi) is 4.92. The van der Waals surface area contributed by atoms with Gasteiger partial charge in [0.05, 0.1) is 16.9 Å². The Labute approximate surface area is 249 Å². The van der Waals surface area contributed by atoms with Gasteiger partial charge < -0.3 is 4.90 Å². The first-order chi connectivity index (χ1) is 21.0. The summed E-state index contributed by atoms with van der Waals surface area (Å²) >= 11 is 0. The predicted octanol–water partition coefficient (Wildman–Crippen LogP) is 8.00. The zero-order valence-corrected chi connectivity index (χ0v) is 23.9. The molecule has 0 radical (unpaired) electrons. The predicted molar refractivity (Wildman–Crippen MR) is 166 cm³/mol. The van der Waals surface area contributed by atoms with Crippen molar-refractivity contribution in [2.75, 3.05) is 4.90 Å². The van der Waals surface area contributed by atoms with E-state index in [1.807, 2.05) is 24.3 Å². The van der Waals surface area contributed by atoms with E-state index in [1.165, 1.54) is 5.57 Å². The molecule has 208 valence electrons. The number of para-hydroxylation sites is 2. The standard InChI is InChI=1S/C38H29F2N3/c1-23-19-24(2)43(28-14-7-4-8-15-28)38-22-31(36(38)42(23)27-12-5-3-6-13-27)33-30-20-26(39)21-32(40)34(30)35-29-16-10-9-11-25(29)17-18-41(35)37(33)38/h3-22,33,36-37H,1-2H3/q+2. The molecule has 1 saturated carbocycles. The highest BCUT2D eigenvalue weighted by Crippen LogP contribution is 2.67. The number of pyridine rings is 1. The lowest BCUT2D eigenvalue weighted by Crippen LogP contribution is -2.67. The van der Waals surface area contributed by atoms with Gasteiger partial charge in [-0.15, -0.1) is 0 Å². The number of hydrogen-bond acceptors (Lipinski definition) is 1. The highest BCUT2D eigenvalue weighted by Gasteiger charge is 2.78. The van der Waals surface area contributed by atoms with Gasteiger partial charge in [0.2, 0.25) is 23.5 Å². The van der Waals surface area contributed by atoms with Gasteiger partial charge in [-0.1, -0.05) is 54.6 Å². The van der Waals surface area contributed by atoms with Crippen molar-refractivity contribution in [2.45, 2.75) is 37.4 Å². The normalized spacial score (nSPS) is 24.7. The lowest BCUT2D eigenvalue weighted by atomic mass is 9.76. The van der Waals surface area contributed by atoms with Crippen molar-refractivity contribution < 1.29 is 17.9 Å². The SMILES string of the molecule is CC1=CC(C)=[N+](c2ccccc2)C2C3=CC2(C2C3c3cc(F)cc(F)c3-c3c4ccccc4cc[n+]32)N1c1ccccc1. The third kappa shape index (κ3) is 3.07. The topological polar surface area (TPSA) is 10.1 Å². The molecule has 2 bridgehead atoms. The maximum atomic E-state index is 16.1. The summed E-state index contributed by atoms with van der Waals surface area (Å²) in [6, 6.07) is 33.7. The van der Waals surface area contributed by atoms with Gasteiger partial charge in [0.15, 0.2) is 17.4 Å². The number of aromatic nitrogens is 1. The molecular weight excluding hydrogens is 536 g/mol. The molecule has 1 aromatic heterocycles. The Hall–Kier alpha value is -4.90. The van der Waals surface area contributed by atoms with Gasteiger partial charge in [0, 0.05) is 54.2 Å². The Balaban J connectivity index is 1.41. The molecule has 0 amide bonds. The van der Waals surface area contributed by atoms with Crippen molar-refractivity contribution in [1.29, 1.82) is 0 Å². The molecule has 4 aromatic carbocycles. The molecule has 5 heteroatoms. The van der Waals surface area contributed by atoms with Crippen LogP contribution >= 0.6 is 0 Å². The highest BCUT2D eigenvalue weighted by molar-refractivity contribution is 5.95. The van der Waals surface area contributed by atoms with Gasteiger partial charge in [-0.25, -0.2) is 8.78 Å². The lowest BCUT2D eigenvalue weighted by Gasteiger charge is -2.46. The fourth-order valence-corrected chi connectivity index (χ4v) is 8.67. The largest absolute Gasteiger partial charge is 0.323 e. The molecule has 0 spiro atoms. The minimum Gasteiger partial charge on any atom is -0.323 e. The van der Waals surface area contributed by atoms with Crippen LogP contribution in [0.5, 0.6) is 0 Å². The van der Waals surface area contributed by atoms with E-state index in [2.05, 4.69) is 113 Å². The molecule has 0 saturated heterocycles. The third-order valence-electron chi connectivity index (χ3n) is 9.99. The fourth-order valence-electron chi connectivity index (χ4n) is 8.67. The fraction of sp³-hybridized carbons (Fsp3) is 0.158. The number of hydrogen-bond donors (Lipinski definition) is 0. The third-order valence-corrected chi connectivity index (χ3v) is 9.99. The summed E-state index contributed by atoms with van der Waals surface area (Å²) in [5, 5.41) is 2.00. The Morgan fingerprint density at radius 2 is 1.53 bits per heavy atom. The highest BCUT2D eigenvalue weighted by atomic mass is 19.1. The Bertz CT molecular complexity index is 2100. The Morgan fingerprint density at radius 1 is 0.814 bits per heavy atom. The quantitative estimate of drug-likeness (QED) is 0.156. The molecule has 43 heavy (non-hydrogen) atoms. The molecule has 2 aliphatic heterocycles. The first-order valence-corrected chi connectivity index (χ1v) is 14.9. The van der Waals surface area contributed by atoms with E-state index in [9.17, 15) is 0 Å². The van der Waals surface area contributed by atoms with Crippen LogP contribution in [0.15, 0.2) is 133 Å². The van der Waals surface area contributed by atoms with E-state index < -0.39 is 17.2 Å². The average Bonchev–Trinajstić information content (AvgIpc) is 3.48. The molecule has 3 heterocycles. The van der Waals surface area contributed by atoms with Crippen LogP contribution in [-0.4, -0.2) is 21.9 Å². The second-order valence-electron chi connectivity index (χ2n) is 12.2. The summed E-state index contributed by atoms with van der Waals surface area (Å²) in [5.41, 5.74) is 7.18. The summed E-state index contributed by atoms with van der Waals surface area (Å²) in [5.74, 6) is -1.25. The van der Waals surface area contributed by atoms with E-state index in [4.69, 9.17) is 0 Å². The van der Waals surface area contributed by atoms with Crippen LogP contribution < -0.4 is 9.47 Å². The van der Waals surface area contributed by atoms with Crippen molar-refractivity contribution in [2.24, 2.45) is 0 Å². The maximum Gasteiger partial charge on any atom is 0.224 e. The number of allylic oxidation sites excluding steroid dienone is 2. The van der Waals surface area contributed by atoms with Crippen LogP contribution in [0, 0.1) is 11.6 Å². The monoisotopic (exact) mass is 565 g/mol. The zero-order chi connectivity index (χ0) is 29.0. The maximum absolute atomic E-state index is 16.1. The Morgan fingerprint density at radius 3 is 2.33 bits per heavy atom. The van der Waals surface area contributed by atoms with Crippen LogP contribution in [0.25, 0.3) is 22.0 Å². The molecule has 0 N–H and O–H groups in total. The van der Waals surface area contributed by atoms with E-state index in [0.717, 1.165) is 50.9 Å². The number of fused-ring (bicyclic) bond motifs is 9. The molecule has 3 nitrogen and oxygen atoms in total. The van der Waals surface area contributed by atoms with Crippen molar-refractivity contribution in [3.05, 3.63) is 150 Å². The van der Waals surface area contributed by atoms with Crippen LogP contribution in [0.4, 0.5) is 20.2 Å². The van der Waals surface area contributed by atoms with Crippen molar-refractivity contribution in [3.8, 4) is 11.3 Å². The van der Waals surface area contributed by atoms with Crippen LogP contribution in [0.2, 0.25) is 0 Å². The molecule has 4 atom stereocenters. The first kappa shape index (κ1) is 24.7. The molecule has 2 aliphatic carbocycles. The summed E-state index contributed by atoms with van der Waals surface area (Å²) in [4.78, 5) is 2.48. The number of benzene rings is 4. The molecule has 9 rings (SSSR count).